The van der Waals surface area contributed by atoms with Crippen LogP contribution in [0.4, 0.5) is 5.69 Å². The summed E-state index contributed by atoms with van der Waals surface area (Å²) in [6.07, 6.45) is 2.07. The van der Waals surface area contributed by atoms with Gasteiger partial charge in [-0.3, -0.25) is 9.59 Å². The standard InChI is InChI=1S/C14H11ClN4O2S/c1-2-11-18-19-13(21)10(7-16-14(19)22-11)17-12(20)8-3-5-9(15)6-4-8/h3-7H,2H2,1H3,(H,17,20). The number of aryl methyl sites for hydroxylation is 1. The minimum atomic E-state index is -0.401. The van der Waals surface area contributed by atoms with E-state index in [-0.39, 0.29) is 5.69 Å². The molecule has 0 atom stereocenters. The zero-order chi connectivity index (χ0) is 15.7. The van der Waals surface area contributed by atoms with E-state index in [0.717, 1.165) is 11.4 Å². The van der Waals surface area contributed by atoms with Gasteiger partial charge in [0.15, 0.2) is 0 Å². The van der Waals surface area contributed by atoms with Crippen LogP contribution in [0.25, 0.3) is 4.96 Å². The lowest BCUT2D eigenvalue weighted by Gasteiger charge is -2.04. The van der Waals surface area contributed by atoms with E-state index in [0.29, 0.717) is 15.5 Å². The average Bonchev–Trinajstić information content (AvgIpc) is 2.95. The Kier molecular flexibility index (Phi) is 3.91. The first kappa shape index (κ1) is 14.7. The van der Waals surface area contributed by atoms with E-state index in [9.17, 15) is 9.59 Å². The predicted octanol–water partition coefficient (Wildman–Crippen LogP) is 2.62. The topological polar surface area (TPSA) is 76.4 Å². The number of anilines is 1. The third kappa shape index (κ3) is 2.72. The molecule has 8 heteroatoms. The molecule has 1 aromatic carbocycles. The number of rotatable bonds is 3. The van der Waals surface area contributed by atoms with Gasteiger partial charge in [-0.05, 0) is 30.7 Å². The van der Waals surface area contributed by atoms with Gasteiger partial charge in [-0.2, -0.15) is 9.61 Å². The molecule has 0 bridgehead atoms. The van der Waals surface area contributed by atoms with Gasteiger partial charge in [-0.25, -0.2) is 4.98 Å². The van der Waals surface area contributed by atoms with Crippen LogP contribution in [0.15, 0.2) is 35.3 Å². The Hall–Kier alpha value is -2.25. The van der Waals surface area contributed by atoms with Crippen LogP contribution in [0.1, 0.15) is 22.3 Å². The predicted molar refractivity (Wildman–Crippen MR) is 85.9 cm³/mol. The van der Waals surface area contributed by atoms with Crippen molar-refractivity contribution in [3.8, 4) is 0 Å². The van der Waals surface area contributed by atoms with E-state index in [4.69, 9.17) is 11.6 Å². The zero-order valence-electron chi connectivity index (χ0n) is 11.5. The lowest BCUT2D eigenvalue weighted by molar-refractivity contribution is 0.102. The van der Waals surface area contributed by atoms with Gasteiger partial charge in [0.1, 0.15) is 10.7 Å². The van der Waals surface area contributed by atoms with Crippen LogP contribution in [-0.2, 0) is 6.42 Å². The Labute approximate surface area is 134 Å². The first-order chi connectivity index (χ1) is 10.6. The molecule has 0 spiro atoms. The van der Waals surface area contributed by atoms with E-state index in [1.54, 1.807) is 24.3 Å². The minimum absolute atomic E-state index is 0.0883. The maximum absolute atomic E-state index is 12.3. The molecule has 3 aromatic rings. The van der Waals surface area contributed by atoms with Gasteiger partial charge in [0.05, 0.1) is 6.20 Å². The van der Waals surface area contributed by atoms with E-state index in [1.807, 2.05) is 6.92 Å². The van der Waals surface area contributed by atoms with Gasteiger partial charge in [0.2, 0.25) is 4.96 Å². The minimum Gasteiger partial charge on any atom is -0.316 e. The van der Waals surface area contributed by atoms with Gasteiger partial charge in [-0.1, -0.05) is 29.9 Å². The molecule has 2 aromatic heterocycles. The highest BCUT2D eigenvalue weighted by atomic mass is 35.5. The van der Waals surface area contributed by atoms with Crippen molar-refractivity contribution in [2.75, 3.05) is 5.32 Å². The van der Waals surface area contributed by atoms with Crippen molar-refractivity contribution in [3.05, 3.63) is 56.4 Å². The summed E-state index contributed by atoms with van der Waals surface area (Å²) in [7, 11) is 0. The van der Waals surface area contributed by atoms with E-state index < -0.39 is 11.5 Å². The second kappa shape index (κ2) is 5.86. The maximum Gasteiger partial charge on any atom is 0.298 e. The fourth-order valence-corrected chi connectivity index (χ4v) is 2.77. The van der Waals surface area contributed by atoms with Gasteiger partial charge >= 0.3 is 0 Å². The number of carbonyl (C=O) groups excluding carboxylic acids is 1. The van der Waals surface area contributed by atoms with Crippen LogP contribution in [0.5, 0.6) is 0 Å². The number of benzene rings is 1. The third-order valence-electron chi connectivity index (χ3n) is 2.99. The van der Waals surface area contributed by atoms with Crippen LogP contribution in [0.3, 0.4) is 0 Å². The smallest absolute Gasteiger partial charge is 0.298 e. The van der Waals surface area contributed by atoms with Crippen molar-refractivity contribution in [2.45, 2.75) is 13.3 Å². The largest absolute Gasteiger partial charge is 0.316 e. The monoisotopic (exact) mass is 334 g/mol. The van der Waals surface area contributed by atoms with Crippen LogP contribution < -0.4 is 10.9 Å². The molecule has 0 saturated heterocycles. The quantitative estimate of drug-likeness (QED) is 0.798. The Balaban J connectivity index is 1.93. The molecular formula is C14H11ClN4O2S. The molecule has 0 fully saturated rings. The summed E-state index contributed by atoms with van der Waals surface area (Å²) < 4.78 is 1.21. The average molecular weight is 335 g/mol. The molecule has 3 rings (SSSR count). The van der Waals surface area contributed by atoms with Crippen molar-refractivity contribution in [2.24, 2.45) is 0 Å². The number of aromatic nitrogens is 3. The summed E-state index contributed by atoms with van der Waals surface area (Å²) in [5.74, 6) is -0.401. The number of nitrogens with zero attached hydrogens (tertiary/aromatic N) is 3. The third-order valence-corrected chi connectivity index (χ3v) is 4.30. The Morgan fingerprint density at radius 3 is 2.77 bits per heavy atom. The van der Waals surface area contributed by atoms with E-state index >= 15 is 0 Å². The highest BCUT2D eigenvalue weighted by Crippen LogP contribution is 2.14. The highest BCUT2D eigenvalue weighted by molar-refractivity contribution is 7.16. The molecule has 1 N–H and O–H groups in total. The molecule has 6 nitrogen and oxygen atoms in total. The summed E-state index contributed by atoms with van der Waals surface area (Å²) >= 11 is 7.13. The van der Waals surface area contributed by atoms with Crippen molar-refractivity contribution in [1.29, 1.82) is 0 Å². The van der Waals surface area contributed by atoms with Gasteiger partial charge < -0.3 is 5.32 Å². The molecular weight excluding hydrogens is 324 g/mol. The Morgan fingerprint density at radius 1 is 1.36 bits per heavy atom. The van der Waals surface area contributed by atoms with Crippen molar-refractivity contribution < 1.29 is 4.79 Å². The molecule has 0 unspecified atom stereocenters. The summed E-state index contributed by atoms with van der Waals surface area (Å²) in [6, 6.07) is 6.38. The first-order valence-electron chi connectivity index (χ1n) is 6.53. The molecule has 2 heterocycles. The number of halogens is 1. The second-order valence-corrected chi connectivity index (χ2v) is 5.96. The normalized spacial score (nSPS) is 10.8. The van der Waals surface area contributed by atoms with Gasteiger partial charge in [0.25, 0.3) is 11.5 Å². The second-order valence-electron chi connectivity index (χ2n) is 4.48. The van der Waals surface area contributed by atoms with Crippen LogP contribution in [-0.4, -0.2) is 20.5 Å². The molecule has 22 heavy (non-hydrogen) atoms. The van der Waals surface area contributed by atoms with Crippen LogP contribution in [0.2, 0.25) is 5.02 Å². The molecule has 0 aliphatic rings. The van der Waals surface area contributed by atoms with Gasteiger partial charge in [0, 0.05) is 10.6 Å². The number of fused-ring (bicyclic) bond motifs is 1. The SMILES string of the molecule is CCc1nn2c(=O)c(NC(=O)c3ccc(Cl)cc3)cnc2s1. The van der Waals surface area contributed by atoms with E-state index in [2.05, 4.69) is 15.4 Å². The first-order valence-corrected chi connectivity index (χ1v) is 7.72. The lowest BCUT2D eigenvalue weighted by Crippen LogP contribution is -2.23. The number of hydrogen-bond donors (Lipinski definition) is 1. The summed E-state index contributed by atoms with van der Waals surface area (Å²) in [6.45, 7) is 1.95. The summed E-state index contributed by atoms with van der Waals surface area (Å²) in [4.78, 5) is 29.1. The lowest BCUT2D eigenvalue weighted by atomic mass is 10.2. The summed E-state index contributed by atoms with van der Waals surface area (Å²) in [5, 5.41) is 8.07. The number of nitrogens with one attached hydrogen (secondary N) is 1. The zero-order valence-corrected chi connectivity index (χ0v) is 13.1. The number of amides is 1. The molecule has 0 saturated carbocycles. The molecule has 0 aliphatic heterocycles. The summed E-state index contributed by atoms with van der Waals surface area (Å²) in [5.41, 5.74) is 0.0927. The fraction of sp³-hybridized carbons (Fsp3) is 0.143. The van der Waals surface area contributed by atoms with Crippen LogP contribution in [0, 0.1) is 0 Å². The Morgan fingerprint density at radius 2 is 2.09 bits per heavy atom. The molecule has 112 valence electrons. The van der Waals surface area contributed by atoms with Crippen molar-refractivity contribution in [3.63, 3.8) is 0 Å². The van der Waals surface area contributed by atoms with E-state index in [1.165, 1.54) is 22.0 Å². The van der Waals surface area contributed by atoms with Crippen molar-refractivity contribution in [1.82, 2.24) is 14.6 Å². The Bertz CT molecular complexity index is 901. The van der Waals surface area contributed by atoms with Crippen molar-refractivity contribution >= 4 is 39.5 Å². The number of hydrogen-bond acceptors (Lipinski definition) is 5. The number of carbonyl (C=O) groups is 1. The molecule has 0 radical (unpaired) electrons. The van der Waals surface area contributed by atoms with Crippen LogP contribution >= 0.6 is 22.9 Å². The fourth-order valence-electron chi connectivity index (χ4n) is 1.85. The molecule has 0 aliphatic carbocycles. The maximum atomic E-state index is 12.3. The molecule has 1 amide bonds. The highest BCUT2D eigenvalue weighted by Gasteiger charge is 2.13. The van der Waals surface area contributed by atoms with Gasteiger partial charge in [-0.15, -0.1) is 0 Å².